The lowest BCUT2D eigenvalue weighted by Crippen LogP contribution is -2.34. The second kappa shape index (κ2) is 7.81. The van der Waals surface area contributed by atoms with Gasteiger partial charge in [0.05, 0.1) is 0 Å². The molecule has 4 heteroatoms. The summed E-state index contributed by atoms with van der Waals surface area (Å²) in [5.74, 6) is -0.259. The van der Waals surface area contributed by atoms with Crippen molar-refractivity contribution in [1.29, 1.82) is 5.26 Å². The van der Waals surface area contributed by atoms with Gasteiger partial charge in [0.1, 0.15) is 17.4 Å². The molecule has 2 aromatic rings. The van der Waals surface area contributed by atoms with Crippen LogP contribution in [-0.4, -0.2) is 17.1 Å². The van der Waals surface area contributed by atoms with E-state index < -0.39 is 5.91 Å². The third kappa shape index (κ3) is 5.01. The largest absolute Gasteiger partial charge is 0.508 e. The molecule has 116 valence electrons. The molecule has 2 N–H and O–H groups in total. The van der Waals surface area contributed by atoms with Crippen LogP contribution in [0.1, 0.15) is 18.1 Å². The van der Waals surface area contributed by atoms with Crippen LogP contribution in [0.2, 0.25) is 0 Å². The maximum Gasteiger partial charge on any atom is 0.262 e. The fourth-order valence-corrected chi connectivity index (χ4v) is 2.21. The third-order valence-corrected chi connectivity index (χ3v) is 3.33. The van der Waals surface area contributed by atoms with Crippen LogP contribution in [0.25, 0.3) is 6.08 Å². The number of benzene rings is 2. The molecule has 0 radical (unpaired) electrons. The van der Waals surface area contributed by atoms with Crippen molar-refractivity contribution in [2.75, 3.05) is 0 Å². The quantitative estimate of drug-likeness (QED) is 0.658. The van der Waals surface area contributed by atoms with Crippen molar-refractivity contribution in [3.63, 3.8) is 0 Å². The minimum atomic E-state index is -0.399. The Kier molecular flexibility index (Phi) is 5.54. The summed E-state index contributed by atoms with van der Waals surface area (Å²) in [7, 11) is 0. The molecular formula is C19H18N2O2. The Balaban J connectivity index is 2.02. The minimum absolute atomic E-state index is 0.0376. The van der Waals surface area contributed by atoms with Crippen molar-refractivity contribution in [1.82, 2.24) is 5.32 Å². The highest BCUT2D eigenvalue weighted by molar-refractivity contribution is 6.01. The summed E-state index contributed by atoms with van der Waals surface area (Å²) in [6, 6.07) is 18.0. The highest BCUT2D eigenvalue weighted by atomic mass is 16.3. The van der Waals surface area contributed by atoms with Gasteiger partial charge in [0, 0.05) is 6.04 Å². The Morgan fingerprint density at radius 3 is 2.48 bits per heavy atom. The van der Waals surface area contributed by atoms with E-state index in [2.05, 4.69) is 5.32 Å². The Morgan fingerprint density at radius 2 is 1.87 bits per heavy atom. The van der Waals surface area contributed by atoms with Crippen molar-refractivity contribution in [3.8, 4) is 11.8 Å². The summed E-state index contributed by atoms with van der Waals surface area (Å²) in [6.45, 7) is 1.90. The monoisotopic (exact) mass is 306 g/mol. The highest BCUT2D eigenvalue weighted by Crippen LogP contribution is 2.13. The van der Waals surface area contributed by atoms with Gasteiger partial charge in [0.25, 0.3) is 5.91 Å². The fraction of sp³-hybridized carbons (Fsp3) is 0.158. The number of hydrogen-bond acceptors (Lipinski definition) is 3. The summed E-state index contributed by atoms with van der Waals surface area (Å²) >= 11 is 0. The van der Waals surface area contributed by atoms with Crippen molar-refractivity contribution in [2.45, 2.75) is 19.4 Å². The number of amides is 1. The summed E-state index contributed by atoms with van der Waals surface area (Å²) in [6.07, 6.45) is 2.20. The zero-order valence-electron chi connectivity index (χ0n) is 12.9. The van der Waals surface area contributed by atoms with Crippen molar-refractivity contribution >= 4 is 12.0 Å². The van der Waals surface area contributed by atoms with Gasteiger partial charge in [-0.25, -0.2) is 0 Å². The number of hydrogen-bond donors (Lipinski definition) is 2. The molecular weight excluding hydrogens is 288 g/mol. The smallest absolute Gasteiger partial charge is 0.262 e. The molecule has 0 aliphatic heterocycles. The molecule has 0 saturated carbocycles. The molecule has 2 aromatic carbocycles. The number of nitrogens with one attached hydrogen (secondary N) is 1. The number of phenols is 1. The molecule has 4 nitrogen and oxygen atoms in total. The van der Waals surface area contributed by atoms with E-state index in [9.17, 15) is 15.2 Å². The molecule has 0 spiro atoms. The van der Waals surface area contributed by atoms with Crippen LogP contribution in [0.5, 0.6) is 5.75 Å². The fourth-order valence-electron chi connectivity index (χ4n) is 2.21. The number of carbonyl (C=O) groups excluding carboxylic acids is 1. The number of aromatic hydroxyl groups is 1. The Hall–Kier alpha value is -3.06. The topological polar surface area (TPSA) is 73.1 Å². The summed E-state index contributed by atoms with van der Waals surface area (Å²) in [5, 5.41) is 21.3. The van der Waals surface area contributed by atoms with Gasteiger partial charge in [-0.15, -0.1) is 0 Å². The van der Waals surface area contributed by atoms with E-state index in [1.807, 2.05) is 43.3 Å². The van der Waals surface area contributed by atoms with E-state index >= 15 is 0 Å². The zero-order valence-corrected chi connectivity index (χ0v) is 12.9. The van der Waals surface area contributed by atoms with Gasteiger partial charge < -0.3 is 10.4 Å². The lowest BCUT2D eigenvalue weighted by molar-refractivity contribution is -0.117. The molecule has 0 aliphatic carbocycles. The van der Waals surface area contributed by atoms with Gasteiger partial charge in [-0.2, -0.15) is 5.26 Å². The predicted octanol–water partition coefficient (Wildman–Crippen LogP) is 3.05. The van der Waals surface area contributed by atoms with Crippen molar-refractivity contribution < 1.29 is 9.90 Å². The molecule has 0 aromatic heterocycles. The number of nitriles is 1. The van der Waals surface area contributed by atoms with Crippen LogP contribution >= 0.6 is 0 Å². The Bertz CT molecular complexity index is 728. The lowest BCUT2D eigenvalue weighted by atomic mass is 10.1. The van der Waals surface area contributed by atoms with Gasteiger partial charge in [0.15, 0.2) is 0 Å². The van der Waals surface area contributed by atoms with Crippen molar-refractivity contribution in [2.24, 2.45) is 0 Å². The molecule has 0 bridgehead atoms. The first-order valence-electron chi connectivity index (χ1n) is 7.34. The highest BCUT2D eigenvalue weighted by Gasteiger charge is 2.12. The molecule has 1 unspecified atom stereocenters. The number of phenolic OH excluding ortho intramolecular Hbond substituents is 1. The van der Waals surface area contributed by atoms with Crippen LogP contribution in [0.15, 0.2) is 60.2 Å². The molecule has 0 aliphatic rings. The Labute approximate surface area is 135 Å². The second-order valence-electron chi connectivity index (χ2n) is 5.33. The van der Waals surface area contributed by atoms with E-state index in [0.717, 1.165) is 5.56 Å². The maximum absolute atomic E-state index is 12.2. The van der Waals surface area contributed by atoms with Crippen molar-refractivity contribution in [3.05, 3.63) is 71.3 Å². The minimum Gasteiger partial charge on any atom is -0.508 e. The van der Waals surface area contributed by atoms with E-state index in [-0.39, 0.29) is 17.4 Å². The standard InChI is InChI=1S/C19H18N2O2/c1-14(11-15-5-3-2-4-6-15)21-19(23)17(13-20)12-16-7-9-18(22)10-8-16/h2-10,12,14,22H,11H2,1H3,(H,21,23)/b17-12+. The third-order valence-electron chi connectivity index (χ3n) is 3.33. The van der Waals surface area contributed by atoms with Gasteiger partial charge in [-0.3, -0.25) is 4.79 Å². The normalized spacial score (nSPS) is 12.3. The molecule has 23 heavy (non-hydrogen) atoms. The predicted molar refractivity (Wildman–Crippen MR) is 89.4 cm³/mol. The van der Waals surface area contributed by atoms with Crippen LogP contribution < -0.4 is 5.32 Å². The van der Waals surface area contributed by atoms with E-state index in [1.54, 1.807) is 12.1 Å². The summed E-state index contributed by atoms with van der Waals surface area (Å²) < 4.78 is 0. The van der Waals surface area contributed by atoms with Gasteiger partial charge in [-0.05, 0) is 42.7 Å². The first kappa shape index (κ1) is 16.3. The SMILES string of the molecule is CC(Cc1ccccc1)NC(=O)/C(C#N)=C/c1ccc(O)cc1. The first-order valence-corrected chi connectivity index (χ1v) is 7.34. The van der Waals surface area contributed by atoms with E-state index in [1.165, 1.54) is 18.2 Å². The van der Waals surface area contributed by atoms with Crippen LogP contribution in [0.3, 0.4) is 0 Å². The maximum atomic E-state index is 12.2. The molecule has 0 saturated heterocycles. The van der Waals surface area contributed by atoms with E-state index in [4.69, 9.17) is 0 Å². The average molecular weight is 306 g/mol. The molecule has 2 rings (SSSR count). The number of carbonyl (C=O) groups is 1. The van der Waals surface area contributed by atoms with Gasteiger partial charge in [-0.1, -0.05) is 42.5 Å². The lowest BCUT2D eigenvalue weighted by Gasteiger charge is -2.13. The molecule has 0 fully saturated rings. The average Bonchev–Trinajstić information content (AvgIpc) is 2.55. The van der Waals surface area contributed by atoms with Crippen LogP contribution in [0.4, 0.5) is 0 Å². The molecule has 0 heterocycles. The van der Waals surface area contributed by atoms with Gasteiger partial charge >= 0.3 is 0 Å². The molecule has 1 atom stereocenters. The second-order valence-corrected chi connectivity index (χ2v) is 5.33. The van der Waals surface area contributed by atoms with E-state index in [0.29, 0.717) is 12.0 Å². The molecule has 1 amide bonds. The van der Waals surface area contributed by atoms with Crippen LogP contribution in [0, 0.1) is 11.3 Å². The number of nitrogens with zero attached hydrogens (tertiary/aromatic N) is 1. The van der Waals surface area contributed by atoms with Gasteiger partial charge in [0.2, 0.25) is 0 Å². The summed E-state index contributed by atoms with van der Waals surface area (Å²) in [5.41, 5.74) is 1.85. The zero-order chi connectivity index (χ0) is 16.7. The first-order chi connectivity index (χ1) is 11.1. The van der Waals surface area contributed by atoms with Crippen LogP contribution in [-0.2, 0) is 11.2 Å². The number of rotatable bonds is 5. The Morgan fingerprint density at radius 1 is 1.22 bits per heavy atom. The summed E-state index contributed by atoms with van der Waals surface area (Å²) in [4.78, 5) is 12.2.